The molecule has 1 aliphatic heterocycles. The van der Waals surface area contributed by atoms with Crippen molar-refractivity contribution in [2.45, 2.75) is 57.1 Å². The Kier molecular flexibility index (Phi) is 11.2. The van der Waals surface area contributed by atoms with Crippen molar-refractivity contribution >= 4 is 7.59 Å². The molecule has 4 N–H and O–H groups in total. The first-order valence-corrected chi connectivity index (χ1v) is 17.8. The van der Waals surface area contributed by atoms with Crippen LogP contribution in [-0.2, 0) is 14.8 Å². The maximum atomic E-state index is 14.3. The van der Waals surface area contributed by atoms with Crippen LogP contribution in [0, 0.1) is 6.92 Å². The van der Waals surface area contributed by atoms with Gasteiger partial charge in [-0.2, -0.15) is 0 Å². The maximum Gasteiger partial charge on any atom is 0.330 e. The zero-order valence-electron chi connectivity index (χ0n) is 27.3. The predicted molar refractivity (Wildman–Crippen MR) is 187 cm³/mol. The van der Waals surface area contributed by atoms with E-state index in [2.05, 4.69) is 68.1 Å². The molecular formula is C36H45N6O4P. The number of nitrogens with zero attached hydrogens (tertiary/aromatic N) is 2. The summed E-state index contributed by atoms with van der Waals surface area (Å²) in [6, 6.07) is 30.7. The number of benzene rings is 3. The van der Waals surface area contributed by atoms with Gasteiger partial charge in [0, 0.05) is 30.9 Å². The summed E-state index contributed by atoms with van der Waals surface area (Å²) in [5, 5.41) is 9.51. The topological polar surface area (TPSA) is 120 Å². The van der Waals surface area contributed by atoms with Crippen LogP contribution in [0.5, 0.6) is 0 Å². The molecule has 4 unspecified atom stereocenters. The average molecular weight is 657 g/mol. The van der Waals surface area contributed by atoms with Gasteiger partial charge < -0.3 is 4.74 Å². The molecule has 11 heteroatoms. The minimum atomic E-state index is -3.39. The van der Waals surface area contributed by atoms with E-state index in [0.29, 0.717) is 12.1 Å². The van der Waals surface area contributed by atoms with E-state index in [1.54, 1.807) is 14.0 Å². The van der Waals surface area contributed by atoms with Crippen LogP contribution in [0.25, 0.3) is 0 Å². The van der Waals surface area contributed by atoms with E-state index < -0.39 is 36.8 Å². The second-order valence-corrected chi connectivity index (χ2v) is 14.2. The van der Waals surface area contributed by atoms with Crippen LogP contribution < -0.4 is 26.5 Å². The minimum Gasteiger partial charge on any atom is -0.337 e. The highest BCUT2D eigenvalue weighted by atomic mass is 31.2. The van der Waals surface area contributed by atoms with Crippen LogP contribution in [0.3, 0.4) is 0 Å². The molecule has 4 aromatic rings. The van der Waals surface area contributed by atoms with Gasteiger partial charge in [0.25, 0.3) is 13.2 Å². The van der Waals surface area contributed by atoms with Crippen LogP contribution in [0.4, 0.5) is 0 Å². The van der Waals surface area contributed by atoms with E-state index in [9.17, 15) is 14.2 Å². The number of unbranched alkanes of at least 4 members (excludes halogenated alkanes) is 1. The summed E-state index contributed by atoms with van der Waals surface area (Å²) in [7, 11) is -1.74. The van der Waals surface area contributed by atoms with Gasteiger partial charge in [-0.15, -0.1) is 6.58 Å². The molecule has 0 saturated carbocycles. The summed E-state index contributed by atoms with van der Waals surface area (Å²) in [5.74, 6) is 0. The molecule has 2 heterocycles. The lowest BCUT2D eigenvalue weighted by molar-refractivity contribution is -0.142. The van der Waals surface area contributed by atoms with E-state index >= 15 is 0 Å². The van der Waals surface area contributed by atoms with E-state index in [-0.39, 0.29) is 12.6 Å². The average Bonchev–Trinajstić information content (AvgIpc) is 3.08. The van der Waals surface area contributed by atoms with Gasteiger partial charge in [0.1, 0.15) is 6.23 Å². The lowest BCUT2D eigenvalue weighted by Crippen LogP contribution is -2.60. The number of nitrogens with one attached hydrogen (secondary N) is 4. The van der Waals surface area contributed by atoms with E-state index in [1.165, 1.54) is 10.8 Å². The Balaban J connectivity index is 1.65. The number of ether oxygens (including phenoxy) is 1. The fourth-order valence-electron chi connectivity index (χ4n) is 6.44. The molecule has 1 fully saturated rings. The maximum absolute atomic E-state index is 14.3. The summed E-state index contributed by atoms with van der Waals surface area (Å²) in [6.45, 7) is 8.04. The van der Waals surface area contributed by atoms with Crippen LogP contribution >= 0.6 is 7.59 Å². The zero-order valence-corrected chi connectivity index (χ0v) is 28.2. The summed E-state index contributed by atoms with van der Waals surface area (Å²) in [6.07, 6.45) is 4.37. The summed E-state index contributed by atoms with van der Waals surface area (Å²) < 4.78 is 22.3. The first kappa shape index (κ1) is 34.4. The Morgan fingerprint density at radius 2 is 1.53 bits per heavy atom. The molecule has 1 aliphatic rings. The first-order valence-electron chi connectivity index (χ1n) is 16.0. The second kappa shape index (κ2) is 15.3. The highest BCUT2D eigenvalue weighted by Crippen LogP contribution is 2.45. The molecule has 5 rings (SSSR count). The van der Waals surface area contributed by atoms with Crippen molar-refractivity contribution < 1.29 is 9.30 Å². The van der Waals surface area contributed by atoms with Crippen molar-refractivity contribution in [2.75, 3.05) is 20.1 Å². The van der Waals surface area contributed by atoms with Gasteiger partial charge in [-0.1, -0.05) is 97.1 Å². The normalized spacial score (nSPS) is 19.1. The number of rotatable bonds is 14. The van der Waals surface area contributed by atoms with E-state index in [1.807, 2.05) is 67.6 Å². The molecule has 1 aromatic heterocycles. The monoisotopic (exact) mass is 656 g/mol. The smallest absolute Gasteiger partial charge is 0.330 e. The Labute approximate surface area is 276 Å². The van der Waals surface area contributed by atoms with Gasteiger partial charge in [0.2, 0.25) is 0 Å². The molecule has 0 aliphatic carbocycles. The minimum absolute atomic E-state index is 0.0576. The Bertz CT molecular complexity index is 1680. The first-order chi connectivity index (χ1) is 22.7. The number of aryl methyl sites for hydroxylation is 1. The number of H-pyrrole nitrogens is 1. The van der Waals surface area contributed by atoms with E-state index in [4.69, 9.17) is 4.74 Å². The van der Waals surface area contributed by atoms with Crippen molar-refractivity contribution in [2.24, 2.45) is 0 Å². The summed E-state index contributed by atoms with van der Waals surface area (Å²) in [4.78, 5) is 30.3. The Morgan fingerprint density at radius 1 is 0.979 bits per heavy atom. The van der Waals surface area contributed by atoms with Crippen LogP contribution in [-0.4, -0.2) is 46.9 Å². The lowest BCUT2D eigenvalue weighted by Gasteiger charge is -2.51. The number of aromatic nitrogens is 2. The van der Waals surface area contributed by atoms with Gasteiger partial charge in [-0.3, -0.25) is 23.8 Å². The van der Waals surface area contributed by atoms with Crippen molar-refractivity contribution in [3.63, 3.8) is 0 Å². The van der Waals surface area contributed by atoms with Gasteiger partial charge >= 0.3 is 5.69 Å². The molecule has 3 aromatic carbocycles. The number of morpholine rings is 1. The zero-order chi connectivity index (χ0) is 33.4. The molecule has 248 valence electrons. The van der Waals surface area contributed by atoms with Crippen molar-refractivity contribution in [1.82, 2.24) is 29.7 Å². The van der Waals surface area contributed by atoms with Crippen molar-refractivity contribution in [1.29, 1.82) is 0 Å². The van der Waals surface area contributed by atoms with Crippen molar-refractivity contribution in [3.8, 4) is 0 Å². The molecule has 4 atom stereocenters. The van der Waals surface area contributed by atoms with Gasteiger partial charge in [-0.25, -0.2) is 20.1 Å². The van der Waals surface area contributed by atoms with Crippen LogP contribution in [0.2, 0.25) is 0 Å². The number of hydrogen-bond acceptors (Lipinski definition) is 5. The van der Waals surface area contributed by atoms with Gasteiger partial charge in [-0.05, 0) is 56.8 Å². The highest BCUT2D eigenvalue weighted by molar-refractivity contribution is 7.57. The Hall–Kier alpha value is -3.89. The van der Waals surface area contributed by atoms with Gasteiger partial charge in [0.05, 0.1) is 5.54 Å². The van der Waals surface area contributed by atoms with Crippen LogP contribution in [0.15, 0.2) is 119 Å². The number of aromatic amines is 1. The molecular weight excluding hydrogens is 611 g/mol. The van der Waals surface area contributed by atoms with Crippen molar-refractivity contribution in [3.05, 3.63) is 153 Å². The second-order valence-electron chi connectivity index (χ2n) is 12.0. The fourth-order valence-corrected chi connectivity index (χ4v) is 8.07. The fraction of sp³-hybridized carbons (Fsp3) is 0.333. The largest absolute Gasteiger partial charge is 0.337 e. The Morgan fingerprint density at radius 3 is 2.04 bits per heavy atom. The standard InChI is InChI=1S/C36H45N6O4P/c1-5-6-10-17-28(3)39-47(45,37-4)40-32-25-41(26-33(46-32)42-24-27(2)34(43)38-35(42)44)36(29-18-11-7-12-19-29,30-20-13-8-14-21-30)31-22-15-9-16-23-31/h5,7-9,11-16,18-24,28,32-33H,1,6,10,17,25-26H2,2-4H3,(H,38,43,44)(H3,37,39,40,45). The van der Waals surface area contributed by atoms with E-state index in [0.717, 1.165) is 36.0 Å². The van der Waals surface area contributed by atoms with Gasteiger partial charge in [0.15, 0.2) is 6.23 Å². The molecule has 0 amide bonds. The van der Waals surface area contributed by atoms with Crippen LogP contribution in [0.1, 0.15) is 54.7 Å². The third-order valence-corrected chi connectivity index (χ3v) is 10.8. The summed E-state index contributed by atoms with van der Waals surface area (Å²) >= 11 is 0. The molecule has 1 saturated heterocycles. The molecule has 47 heavy (non-hydrogen) atoms. The molecule has 0 bridgehead atoms. The molecule has 0 radical (unpaired) electrons. The highest BCUT2D eigenvalue weighted by Gasteiger charge is 2.47. The SMILES string of the molecule is C=CCCCC(C)NP(=O)(NC)NC1CN(C(c2ccccc2)(c2ccccc2)c2ccccc2)CC(n2cc(C)c(=O)[nH]c2=O)O1. The number of allylic oxidation sites excluding steroid dienone is 1. The molecule has 0 spiro atoms. The molecule has 10 nitrogen and oxygen atoms in total. The predicted octanol–water partition coefficient (Wildman–Crippen LogP) is 5.25. The third kappa shape index (κ3) is 7.65. The summed E-state index contributed by atoms with van der Waals surface area (Å²) in [5.41, 5.74) is 1.58. The third-order valence-electron chi connectivity index (χ3n) is 8.68. The lowest BCUT2D eigenvalue weighted by atomic mass is 9.75. The quantitative estimate of drug-likeness (QED) is 0.0630. The number of hydrogen-bond donors (Lipinski definition) is 4.